The Morgan fingerprint density at radius 1 is 1.40 bits per heavy atom. The van der Waals surface area contributed by atoms with Crippen LogP contribution in [0.2, 0.25) is 0 Å². The van der Waals surface area contributed by atoms with Crippen LogP contribution in [0.1, 0.15) is 23.2 Å². The lowest BCUT2D eigenvalue weighted by molar-refractivity contribution is 0.0698. The van der Waals surface area contributed by atoms with Crippen molar-refractivity contribution < 1.29 is 9.90 Å². The summed E-state index contributed by atoms with van der Waals surface area (Å²) in [5.41, 5.74) is 0.240. The van der Waals surface area contributed by atoms with E-state index in [1.165, 1.54) is 6.20 Å². The molecule has 0 saturated heterocycles. The number of aromatic carboxylic acids is 1. The number of carboxylic acid groups (broad SMARTS) is 1. The van der Waals surface area contributed by atoms with Gasteiger partial charge < -0.3 is 10.0 Å². The van der Waals surface area contributed by atoms with E-state index in [-0.39, 0.29) is 5.56 Å². The first-order chi connectivity index (χ1) is 9.65. The Balaban J connectivity index is 2.42. The molecule has 0 aliphatic heterocycles. The van der Waals surface area contributed by atoms with Crippen molar-refractivity contribution in [3.63, 3.8) is 0 Å². The summed E-state index contributed by atoms with van der Waals surface area (Å²) >= 11 is 0. The highest BCUT2D eigenvalue weighted by Gasteiger charge is 2.14. The molecule has 1 heterocycles. The van der Waals surface area contributed by atoms with Gasteiger partial charge in [0.25, 0.3) is 0 Å². The Labute approximate surface area is 118 Å². The number of aromatic nitrogens is 1. The third-order valence-electron chi connectivity index (χ3n) is 3.27. The lowest BCUT2D eigenvalue weighted by Crippen LogP contribution is -2.20. The van der Waals surface area contributed by atoms with E-state index >= 15 is 0 Å². The molecule has 104 valence electrons. The average molecular weight is 270 g/mol. The van der Waals surface area contributed by atoms with Crippen molar-refractivity contribution in [3.05, 3.63) is 48.7 Å². The molecule has 4 nitrogen and oxygen atoms in total. The van der Waals surface area contributed by atoms with Crippen LogP contribution in [0.3, 0.4) is 0 Å². The first kappa shape index (κ1) is 14.1. The van der Waals surface area contributed by atoms with E-state index in [4.69, 9.17) is 0 Å². The summed E-state index contributed by atoms with van der Waals surface area (Å²) in [7, 11) is 1.97. The zero-order valence-electron chi connectivity index (χ0n) is 11.5. The van der Waals surface area contributed by atoms with Crippen molar-refractivity contribution in [2.75, 3.05) is 18.5 Å². The van der Waals surface area contributed by atoms with Gasteiger partial charge in [-0.2, -0.15) is 0 Å². The number of fused-ring (bicyclic) bond motifs is 1. The second kappa shape index (κ2) is 6.19. The van der Waals surface area contributed by atoms with Crippen LogP contribution in [0.4, 0.5) is 5.82 Å². The number of benzene rings is 1. The molecule has 0 saturated carbocycles. The van der Waals surface area contributed by atoms with Gasteiger partial charge in [-0.3, -0.25) is 0 Å². The van der Waals surface area contributed by atoms with Gasteiger partial charge in [-0.05, 0) is 12.8 Å². The molecule has 2 rings (SSSR count). The molecule has 4 heteroatoms. The summed E-state index contributed by atoms with van der Waals surface area (Å²) in [5.74, 6) is -0.135. The number of hydrogen-bond donors (Lipinski definition) is 1. The molecular weight excluding hydrogens is 252 g/mol. The molecule has 1 N–H and O–H groups in total. The molecule has 2 aromatic rings. The van der Waals surface area contributed by atoms with Crippen molar-refractivity contribution >= 4 is 22.6 Å². The molecule has 0 aliphatic carbocycles. The highest BCUT2D eigenvalue weighted by Crippen LogP contribution is 2.26. The van der Waals surface area contributed by atoms with E-state index in [2.05, 4.69) is 16.5 Å². The van der Waals surface area contributed by atoms with E-state index in [9.17, 15) is 9.90 Å². The van der Waals surface area contributed by atoms with Gasteiger partial charge in [-0.25, -0.2) is 9.78 Å². The van der Waals surface area contributed by atoms with Crippen LogP contribution in [0, 0.1) is 0 Å². The van der Waals surface area contributed by atoms with Gasteiger partial charge in [0.15, 0.2) is 0 Å². The van der Waals surface area contributed by atoms with Gasteiger partial charge in [-0.1, -0.05) is 30.3 Å². The minimum absolute atomic E-state index is 0.240. The Morgan fingerprint density at radius 3 is 2.75 bits per heavy atom. The number of rotatable bonds is 6. The van der Waals surface area contributed by atoms with Gasteiger partial charge in [0.1, 0.15) is 5.82 Å². The van der Waals surface area contributed by atoms with Crippen molar-refractivity contribution in [2.24, 2.45) is 0 Å². The molecule has 1 aromatic carbocycles. The van der Waals surface area contributed by atoms with E-state index in [1.807, 2.05) is 37.4 Å². The average Bonchev–Trinajstić information content (AvgIpc) is 2.46. The van der Waals surface area contributed by atoms with Gasteiger partial charge in [0, 0.05) is 30.6 Å². The predicted molar refractivity (Wildman–Crippen MR) is 81.4 cm³/mol. The molecule has 0 amide bonds. The number of anilines is 1. The molecule has 0 atom stereocenters. The van der Waals surface area contributed by atoms with Crippen LogP contribution < -0.4 is 4.90 Å². The van der Waals surface area contributed by atoms with E-state index in [0.717, 1.165) is 36.0 Å². The highest BCUT2D eigenvalue weighted by molar-refractivity contribution is 6.06. The molecule has 1 aromatic heterocycles. The number of unbranched alkanes of at least 4 members (excludes halogenated alkanes) is 1. The third kappa shape index (κ3) is 2.79. The topological polar surface area (TPSA) is 53.4 Å². The van der Waals surface area contributed by atoms with E-state index < -0.39 is 5.97 Å². The first-order valence-corrected chi connectivity index (χ1v) is 6.58. The lowest BCUT2D eigenvalue weighted by atomic mass is 10.1. The van der Waals surface area contributed by atoms with Gasteiger partial charge in [0.2, 0.25) is 0 Å². The maximum atomic E-state index is 11.2. The maximum Gasteiger partial charge on any atom is 0.337 e. The molecule has 20 heavy (non-hydrogen) atoms. The minimum Gasteiger partial charge on any atom is -0.478 e. The van der Waals surface area contributed by atoms with Crippen molar-refractivity contribution in [3.8, 4) is 0 Å². The Morgan fingerprint density at radius 2 is 2.10 bits per heavy atom. The van der Waals surface area contributed by atoms with Crippen molar-refractivity contribution in [2.45, 2.75) is 12.8 Å². The Kier molecular flexibility index (Phi) is 4.35. The number of allylic oxidation sites excluding steroid dienone is 1. The number of carboxylic acids is 1. The second-order valence-corrected chi connectivity index (χ2v) is 4.70. The normalized spacial score (nSPS) is 10.4. The molecule has 0 radical (unpaired) electrons. The molecule has 0 bridgehead atoms. The molecular formula is C16H18N2O2. The van der Waals surface area contributed by atoms with Crippen LogP contribution in [0.5, 0.6) is 0 Å². The van der Waals surface area contributed by atoms with Crippen LogP contribution in [-0.4, -0.2) is 29.7 Å². The Bertz CT molecular complexity index is 637. The van der Waals surface area contributed by atoms with Crippen LogP contribution in [0.25, 0.3) is 10.8 Å². The van der Waals surface area contributed by atoms with Gasteiger partial charge >= 0.3 is 5.97 Å². The highest BCUT2D eigenvalue weighted by atomic mass is 16.4. The van der Waals surface area contributed by atoms with Gasteiger partial charge in [-0.15, -0.1) is 6.58 Å². The van der Waals surface area contributed by atoms with Gasteiger partial charge in [0.05, 0.1) is 5.56 Å². The van der Waals surface area contributed by atoms with Crippen LogP contribution in [0.15, 0.2) is 43.1 Å². The second-order valence-electron chi connectivity index (χ2n) is 4.70. The molecule has 0 spiro atoms. The van der Waals surface area contributed by atoms with Crippen LogP contribution >= 0.6 is 0 Å². The fourth-order valence-corrected chi connectivity index (χ4v) is 2.23. The maximum absolute atomic E-state index is 11.2. The van der Waals surface area contributed by atoms with E-state index in [0.29, 0.717) is 0 Å². The fraction of sp³-hybridized carbons (Fsp3) is 0.250. The van der Waals surface area contributed by atoms with Crippen molar-refractivity contribution in [1.82, 2.24) is 4.98 Å². The van der Waals surface area contributed by atoms with E-state index in [1.54, 1.807) is 0 Å². The number of carbonyl (C=O) groups is 1. The SMILES string of the molecule is C=CCCCN(C)c1ncc(C(=O)O)c2ccccc12. The molecule has 0 aliphatic rings. The number of pyridine rings is 1. The lowest BCUT2D eigenvalue weighted by Gasteiger charge is -2.20. The number of nitrogens with zero attached hydrogens (tertiary/aromatic N) is 2. The summed E-state index contributed by atoms with van der Waals surface area (Å²) in [6.45, 7) is 4.57. The zero-order valence-corrected chi connectivity index (χ0v) is 11.5. The largest absolute Gasteiger partial charge is 0.478 e. The fourth-order valence-electron chi connectivity index (χ4n) is 2.23. The summed E-state index contributed by atoms with van der Waals surface area (Å²) in [6, 6.07) is 7.47. The summed E-state index contributed by atoms with van der Waals surface area (Å²) in [4.78, 5) is 17.6. The van der Waals surface area contributed by atoms with Crippen LogP contribution in [-0.2, 0) is 0 Å². The third-order valence-corrected chi connectivity index (χ3v) is 3.27. The van der Waals surface area contributed by atoms with Crippen molar-refractivity contribution in [1.29, 1.82) is 0 Å². The Hall–Kier alpha value is -2.36. The predicted octanol–water partition coefficient (Wildman–Crippen LogP) is 3.34. The number of hydrogen-bond acceptors (Lipinski definition) is 3. The monoisotopic (exact) mass is 270 g/mol. The first-order valence-electron chi connectivity index (χ1n) is 6.58. The summed E-state index contributed by atoms with van der Waals surface area (Å²) < 4.78 is 0. The standard InChI is InChI=1S/C16H18N2O2/c1-3-4-7-10-18(2)15-13-9-6-5-8-12(13)14(11-17-15)16(19)20/h3,5-6,8-9,11H,1,4,7,10H2,2H3,(H,19,20). The summed E-state index contributed by atoms with van der Waals surface area (Å²) in [5, 5.41) is 10.8. The minimum atomic E-state index is -0.949. The molecule has 0 fully saturated rings. The molecule has 0 unspecified atom stereocenters. The quantitative estimate of drug-likeness (QED) is 0.646. The summed E-state index contributed by atoms with van der Waals surface area (Å²) in [6.07, 6.45) is 5.28. The zero-order chi connectivity index (χ0) is 14.5. The smallest absolute Gasteiger partial charge is 0.337 e.